The number of amides is 1. The van der Waals surface area contributed by atoms with Gasteiger partial charge in [-0.3, -0.25) is 9.78 Å². The van der Waals surface area contributed by atoms with Gasteiger partial charge in [0, 0.05) is 55.6 Å². The topological polar surface area (TPSA) is 72.3 Å². The van der Waals surface area contributed by atoms with Gasteiger partial charge in [-0.15, -0.1) is 24.8 Å². The van der Waals surface area contributed by atoms with Gasteiger partial charge in [-0.05, 0) is 66.2 Å². The van der Waals surface area contributed by atoms with E-state index in [9.17, 15) is 10.1 Å². The third-order valence-electron chi connectivity index (χ3n) is 6.54. The van der Waals surface area contributed by atoms with Gasteiger partial charge >= 0.3 is 0 Å². The van der Waals surface area contributed by atoms with Crippen LogP contribution in [0.5, 0.6) is 0 Å². The van der Waals surface area contributed by atoms with Crippen LogP contribution in [0.1, 0.15) is 21.5 Å². The van der Waals surface area contributed by atoms with Crippen molar-refractivity contribution >= 4 is 58.1 Å². The van der Waals surface area contributed by atoms with Gasteiger partial charge in [-0.25, -0.2) is 0 Å². The maximum Gasteiger partial charge on any atom is 0.253 e. The highest BCUT2D eigenvalue weighted by Gasteiger charge is 2.20. The number of piperazine rings is 1. The molecule has 0 bridgehead atoms. The van der Waals surface area contributed by atoms with Gasteiger partial charge in [0.15, 0.2) is 0 Å². The van der Waals surface area contributed by atoms with E-state index in [1.54, 1.807) is 12.3 Å². The molecule has 6 nitrogen and oxygen atoms in total. The number of carbonyl (C=O) groups excluding carboxylic acids is 1. The molecule has 0 atom stereocenters. The fourth-order valence-corrected chi connectivity index (χ4v) is 4.49. The molecule has 0 radical (unpaired) electrons. The number of halogens is 2. The molecule has 186 valence electrons. The van der Waals surface area contributed by atoms with E-state index in [2.05, 4.69) is 52.6 Å². The Balaban J connectivity index is 0.00000180. The van der Waals surface area contributed by atoms with Crippen molar-refractivity contribution in [1.29, 1.82) is 5.26 Å². The number of nitriles is 1. The van der Waals surface area contributed by atoms with Crippen molar-refractivity contribution in [3.63, 3.8) is 0 Å². The second-order valence-electron chi connectivity index (χ2n) is 8.87. The van der Waals surface area contributed by atoms with E-state index in [4.69, 9.17) is 0 Å². The molecule has 4 aromatic rings. The van der Waals surface area contributed by atoms with Crippen LogP contribution in [0.4, 0.5) is 5.69 Å². The molecule has 1 aliphatic rings. The van der Waals surface area contributed by atoms with E-state index in [0.29, 0.717) is 5.56 Å². The second-order valence-corrected chi connectivity index (χ2v) is 8.87. The highest BCUT2D eigenvalue weighted by molar-refractivity contribution is 5.99. The fourth-order valence-electron chi connectivity index (χ4n) is 4.49. The highest BCUT2D eigenvalue weighted by atomic mass is 35.5. The van der Waals surface area contributed by atoms with E-state index in [0.717, 1.165) is 72.1 Å². The van der Waals surface area contributed by atoms with Gasteiger partial charge in [0.1, 0.15) is 0 Å². The fraction of sp³-hybridized carbons (Fsp3) is 0.250. The summed E-state index contributed by atoms with van der Waals surface area (Å²) < 4.78 is 0. The molecule has 1 saturated heterocycles. The standard InChI is InChI=1S/C28H27N5O.2ClH/c1-32-12-14-33(15-13-32)28(34)24-6-5-22-16-20(2-4-23(22)18-24)8-10-30-27-9-11-31-26-7-3-21(19-29)17-25(26)27;;/h2-7,9,11,16-18H,8,10,12-15H2,1H3,(H,30,31);2*1H. The van der Waals surface area contributed by atoms with Crippen molar-refractivity contribution in [2.24, 2.45) is 0 Å². The number of hydrogen-bond donors (Lipinski definition) is 1. The van der Waals surface area contributed by atoms with Crippen LogP contribution in [0.2, 0.25) is 0 Å². The van der Waals surface area contributed by atoms with Crippen LogP contribution in [0, 0.1) is 11.3 Å². The number of fused-ring (bicyclic) bond motifs is 2. The maximum absolute atomic E-state index is 12.9. The van der Waals surface area contributed by atoms with Crippen LogP contribution >= 0.6 is 24.8 Å². The normalized spacial score (nSPS) is 13.5. The lowest BCUT2D eigenvalue weighted by Gasteiger charge is -2.32. The van der Waals surface area contributed by atoms with Gasteiger partial charge in [-0.2, -0.15) is 5.26 Å². The minimum Gasteiger partial charge on any atom is -0.384 e. The zero-order valence-electron chi connectivity index (χ0n) is 20.1. The highest BCUT2D eigenvalue weighted by Crippen LogP contribution is 2.23. The number of nitrogens with one attached hydrogen (secondary N) is 1. The predicted molar refractivity (Wildman–Crippen MR) is 150 cm³/mol. The molecule has 1 fully saturated rings. The zero-order valence-corrected chi connectivity index (χ0v) is 21.7. The first kappa shape index (κ1) is 27.2. The SMILES string of the molecule is CN1CCN(C(=O)c2ccc3cc(CCNc4ccnc5ccc(C#N)cc45)ccc3c2)CC1.Cl.Cl. The van der Waals surface area contributed by atoms with Crippen LogP contribution in [0.25, 0.3) is 21.7 Å². The van der Waals surface area contributed by atoms with Crippen molar-refractivity contribution in [1.82, 2.24) is 14.8 Å². The Hall–Kier alpha value is -3.37. The largest absolute Gasteiger partial charge is 0.384 e. The van der Waals surface area contributed by atoms with Crippen LogP contribution in [0.15, 0.2) is 66.9 Å². The van der Waals surface area contributed by atoms with E-state index < -0.39 is 0 Å². The lowest BCUT2D eigenvalue weighted by atomic mass is 10.0. The Labute approximate surface area is 223 Å². The van der Waals surface area contributed by atoms with Crippen molar-refractivity contribution in [3.05, 3.63) is 83.6 Å². The lowest BCUT2D eigenvalue weighted by Crippen LogP contribution is -2.47. The molecule has 8 heteroatoms. The van der Waals surface area contributed by atoms with E-state index in [1.807, 2.05) is 35.2 Å². The summed E-state index contributed by atoms with van der Waals surface area (Å²) in [5, 5.41) is 15.9. The van der Waals surface area contributed by atoms with Gasteiger partial charge in [-0.1, -0.05) is 24.3 Å². The number of carbonyl (C=O) groups is 1. The predicted octanol–water partition coefficient (Wildman–Crippen LogP) is 5.15. The van der Waals surface area contributed by atoms with Crippen molar-refractivity contribution in [2.45, 2.75) is 6.42 Å². The average molecular weight is 522 g/mol. The molecule has 1 aliphatic heterocycles. The van der Waals surface area contributed by atoms with Crippen LogP contribution in [0.3, 0.4) is 0 Å². The van der Waals surface area contributed by atoms with Crippen molar-refractivity contribution in [2.75, 3.05) is 45.1 Å². The number of benzene rings is 3. The maximum atomic E-state index is 12.9. The Kier molecular flexibility index (Phi) is 9.11. The van der Waals surface area contributed by atoms with Crippen LogP contribution < -0.4 is 5.32 Å². The smallest absolute Gasteiger partial charge is 0.253 e. The number of hydrogen-bond acceptors (Lipinski definition) is 5. The molecule has 0 unspecified atom stereocenters. The molecule has 0 saturated carbocycles. The summed E-state index contributed by atoms with van der Waals surface area (Å²) >= 11 is 0. The molecule has 0 spiro atoms. The van der Waals surface area contributed by atoms with Crippen molar-refractivity contribution in [3.8, 4) is 6.07 Å². The summed E-state index contributed by atoms with van der Waals surface area (Å²) in [4.78, 5) is 21.5. The number of anilines is 1. The van der Waals surface area contributed by atoms with E-state index >= 15 is 0 Å². The van der Waals surface area contributed by atoms with Crippen LogP contribution in [-0.4, -0.2) is 60.5 Å². The average Bonchev–Trinajstić information content (AvgIpc) is 2.88. The first-order valence-electron chi connectivity index (χ1n) is 11.6. The first-order valence-corrected chi connectivity index (χ1v) is 11.6. The molecule has 0 aliphatic carbocycles. The van der Waals surface area contributed by atoms with Gasteiger partial charge in [0.25, 0.3) is 5.91 Å². The Morgan fingerprint density at radius 2 is 1.72 bits per heavy atom. The molecular formula is C28H29Cl2N5O. The van der Waals surface area contributed by atoms with E-state index in [1.165, 1.54) is 5.56 Å². The van der Waals surface area contributed by atoms with Crippen LogP contribution in [-0.2, 0) is 6.42 Å². The molecule has 3 aromatic carbocycles. The Morgan fingerprint density at radius 1 is 0.972 bits per heavy atom. The summed E-state index contributed by atoms with van der Waals surface area (Å²) in [5.41, 5.74) is 4.47. The van der Waals surface area contributed by atoms with Gasteiger partial charge in [0.05, 0.1) is 17.1 Å². The Morgan fingerprint density at radius 3 is 2.50 bits per heavy atom. The first-order chi connectivity index (χ1) is 16.6. The minimum absolute atomic E-state index is 0. The summed E-state index contributed by atoms with van der Waals surface area (Å²) in [7, 11) is 2.09. The second kappa shape index (κ2) is 12.0. The molecular weight excluding hydrogens is 493 g/mol. The van der Waals surface area contributed by atoms with Gasteiger partial charge in [0.2, 0.25) is 0 Å². The third-order valence-corrected chi connectivity index (χ3v) is 6.54. The zero-order chi connectivity index (χ0) is 23.5. The number of likely N-dealkylation sites (N-methyl/N-ethyl adjacent to an activating group) is 1. The summed E-state index contributed by atoms with van der Waals surface area (Å²) in [5.74, 6) is 0.118. The molecule has 1 aromatic heterocycles. The molecule has 2 heterocycles. The summed E-state index contributed by atoms with van der Waals surface area (Å²) in [6.45, 7) is 4.17. The Bertz CT molecular complexity index is 1410. The third kappa shape index (κ3) is 5.88. The molecule has 1 amide bonds. The van der Waals surface area contributed by atoms with Gasteiger partial charge < -0.3 is 15.1 Å². The number of pyridine rings is 1. The van der Waals surface area contributed by atoms with Crippen molar-refractivity contribution < 1.29 is 4.79 Å². The molecule has 5 rings (SSSR count). The number of nitrogens with zero attached hydrogens (tertiary/aromatic N) is 4. The summed E-state index contributed by atoms with van der Waals surface area (Å²) in [6, 6.07) is 22.1. The molecule has 1 N–H and O–H groups in total. The van der Waals surface area contributed by atoms with E-state index in [-0.39, 0.29) is 30.7 Å². The lowest BCUT2D eigenvalue weighted by molar-refractivity contribution is 0.0664. The minimum atomic E-state index is 0. The monoisotopic (exact) mass is 521 g/mol. The number of rotatable bonds is 5. The summed E-state index contributed by atoms with van der Waals surface area (Å²) in [6.07, 6.45) is 2.65. The molecule has 36 heavy (non-hydrogen) atoms. The quantitative estimate of drug-likeness (QED) is 0.393. The number of aromatic nitrogens is 1.